The summed E-state index contributed by atoms with van der Waals surface area (Å²) in [5.74, 6) is 4.20. The summed E-state index contributed by atoms with van der Waals surface area (Å²) in [5, 5.41) is 0. The normalized spacial score (nSPS) is 14.6. The predicted molar refractivity (Wildman–Crippen MR) is 62.1 cm³/mol. The molecule has 0 saturated heterocycles. The van der Waals surface area contributed by atoms with Gasteiger partial charge in [0.25, 0.3) is 0 Å². The molecule has 1 aromatic rings. The van der Waals surface area contributed by atoms with Gasteiger partial charge in [-0.05, 0) is 19.4 Å². The van der Waals surface area contributed by atoms with Crippen LogP contribution in [-0.2, 0) is 4.74 Å². The van der Waals surface area contributed by atoms with E-state index in [0.717, 1.165) is 6.07 Å². The van der Waals surface area contributed by atoms with Crippen molar-refractivity contribution in [1.29, 1.82) is 0 Å². The molecule has 3 nitrogen and oxygen atoms in total. The molecule has 2 unspecified atom stereocenters. The Labute approximate surface area is 99.9 Å². The second-order valence-electron chi connectivity index (χ2n) is 3.71. The number of halogens is 2. The van der Waals surface area contributed by atoms with Gasteiger partial charge in [-0.1, -0.05) is 13.0 Å². The smallest absolute Gasteiger partial charge is 0.131 e. The molecule has 2 atom stereocenters. The topological polar surface area (TPSA) is 47.3 Å². The standard InChI is InChI=1S/C12H18F2N2O/c1-3-11(17-4-2)12(16-15)9-6-5-8(13)7-10(9)14/h5-7,11-12,16H,3-4,15H2,1-2H3. The molecule has 3 N–H and O–H groups in total. The highest BCUT2D eigenvalue weighted by molar-refractivity contribution is 5.23. The van der Waals surface area contributed by atoms with Crippen molar-refractivity contribution in [2.24, 2.45) is 5.84 Å². The van der Waals surface area contributed by atoms with Crippen molar-refractivity contribution in [2.45, 2.75) is 32.4 Å². The van der Waals surface area contributed by atoms with Crippen molar-refractivity contribution in [3.05, 3.63) is 35.4 Å². The van der Waals surface area contributed by atoms with Gasteiger partial charge in [-0.25, -0.2) is 8.78 Å². The first-order valence-electron chi connectivity index (χ1n) is 5.66. The Morgan fingerprint density at radius 2 is 2.06 bits per heavy atom. The van der Waals surface area contributed by atoms with Gasteiger partial charge in [-0.2, -0.15) is 0 Å². The Kier molecular flexibility index (Phi) is 5.47. The lowest BCUT2D eigenvalue weighted by atomic mass is 9.99. The number of hydrogen-bond acceptors (Lipinski definition) is 3. The van der Waals surface area contributed by atoms with Crippen molar-refractivity contribution >= 4 is 0 Å². The van der Waals surface area contributed by atoms with Crippen LogP contribution in [0.5, 0.6) is 0 Å². The van der Waals surface area contributed by atoms with Crippen LogP contribution in [0.4, 0.5) is 8.78 Å². The minimum atomic E-state index is -0.619. The van der Waals surface area contributed by atoms with E-state index in [4.69, 9.17) is 10.6 Å². The Bertz CT molecular complexity index is 360. The maximum Gasteiger partial charge on any atom is 0.131 e. The molecule has 0 fully saturated rings. The van der Waals surface area contributed by atoms with Gasteiger partial charge in [0.05, 0.1) is 12.1 Å². The molecule has 1 aromatic carbocycles. The van der Waals surface area contributed by atoms with E-state index in [1.165, 1.54) is 12.1 Å². The number of rotatable bonds is 6. The highest BCUT2D eigenvalue weighted by atomic mass is 19.1. The molecular weight excluding hydrogens is 226 g/mol. The largest absolute Gasteiger partial charge is 0.376 e. The second-order valence-corrected chi connectivity index (χ2v) is 3.71. The van der Waals surface area contributed by atoms with Crippen LogP contribution in [0.2, 0.25) is 0 Å². The van der Waals surface area contributed by atoms with E-state index in [0.29, 0.717) is 18.6 Å². The number of ether oxygens (including phenoxy) is 1. The second kappa shape index (κ2) is 6.64. The Morgan fingerprint density at radius 1 is 1.35 bits per heavy atom. The van der Waals surface area contributed by atoms with Gasteiger partial charge in [-0.15, -0.1) is 0 Å². The SMILES string of the molecule is CCOC(CC)C(NN)c1ccc(F)cc1F. The van der Waals surface area contributed by atoms with Crippen LogP contribution < -0.4 is 11.3 Å². The highest BCUT2D eigenvalue weighted by Gasteiger charge is 2.23. The zero-order valence-corrected chi connectivity index (χ0v) is 10.0. The first-order chi connectivity index (χ1) is 8.13. The molecule has 5 heteroatoms. The van der Waals surface area contributed by atoms with E-state index < -0.39 is 17.7 Å². The lowest BCUT2D eigenvalue weighted by Gasteiger charge is -2.26. The minimum Gasteiger partial charge on any atom is -0.376 e. The number of nitrogens with two attached hydrogens (primary N) is 1. The third-order valence-electron chi connectivity index (χ3n) is 2.63. The number of hydrogen-bond donors (Lipinski definition) is 2. The highest BCUT2D eigenvalue weighted by Crippen LogP contribution is 2.24. The van der Waals surface area contributed by atoms with Crippen LogP contribution in [0.25, 0.3) is 0 Å². The van der Waals surface area contributed by atoms with Gasteiger partial charge < -0.3 is 4.74 Å². The third-order valence-corrected chi connectivity index (χ3v) is 2.63. The summed E-state index contributed by atoms with van der Waals surface area (Å²) in [7, 11) is 0. The molecule has 0 aliphatic heterocycles. The Morgan fingerprint density at radius 3 is 2.53 bits per heavy atom. The number of benzene rings is 1. The molecule has 0 bridgehead atoms. The fraction of sp³-hybridized carbons (Fsp3) is 0.500. The molecule has 0 radical (unpaired) electrons. The maximum absolute atomic E-state index is 13.6. The van der Waals surface area contributed by atoms with Crippen LogP contribution in [0.3, 0.4) is 0 Å². The fourth-order valence-electron chi connectivity index (χ4n) is 1.81. The van der Waals surface area contributed by atoms with Crippen LogP contribution in [0.1, 0.15) is 31.9 Å². The Hall–Kier alpha value is -1.04. The summed E-state index contributed by atoms with van der Waals surface area (Å²) >= 11 is 0. The van der Waals surface area contributed by atoms with E-state index in [9.17, 15) is 8.78 Å². The summed E-state index contributed by atoms with van der Waals surface area (Å²) in [6, 6.07) is 2.96. The van der Waals surface area contributed by atoms with Crippen molar-refractivity contribution in [3.8, 4) is 0 Å². The zero-order chi connectivity index (χ0) is 12.8. The molecule has 17 heavy (non-hydrogen) atoms. The van der Waals surface area contributed by atoms with E-state index >= 15 is 0 Å². The zero-order valence-electron chi connectivity index (χ0n) is 10.0. The van der Waals surface area contributed by atoms with E-state index in [1.807, 2.05) is 13.8 Å². The molecule has 0 spiro atoms. The molecule has 0 heterocycles. The van der Waals surface area contributed by atoms with Crippen molar-refractivity contribution in [3.63, 3.8) is 0 Å². The molecule has 96 valence electrons. The number of hydrazine groups is 1. The maximum atomic E-state index is 13.6. The van der Waals surface area contributed by atoms with Gasteiger partial charge in [-0.3, -0.25) is 11.3 Å². The quantitative estimate of drug-likeness (QED) is 0.596. The minimum absolute atomic E-state index is 0.245. The van der Waals surface area contributed by atoms with Crippen LogP contribution in [-0.4, -0.2) is 12.7 Å². The lowest BCUT2D eigenvalue weighted by molar-refractivity contribution is 0.0304. The fourth-order valence-corrected chi connectivity index (χ4v) is 1.81. The van der Waals surface area contributed by atoms with E-state index in [1.54, 1.807) is 0 Å². The molecule has 0 aliphatic rings. The summed E-state index contributed by atoms with van der Waals surface area (Å²) in [4.78, 5) is 0. The molecule has 0 amide bonds. The van der Waals surface area contributed by atoms with Crippen LogP contribution in [0, 0.1) is 11.6 Å². The first-order valence-corrected chi connectivity index (χ1v) is 5.66. The number of nitrogens with one attached hydrogen (secondary N) is 1. The molecule has 0 saturated carbocycles. The third kappa shape index (κ3) is 3.46. The Balaban J connectivity index is 2.99. The van der Waals surface area contributed by atoms with Gasteiger partial charge in [0.2, 0.25) is 0 Å². The monoisotopic (exact) mass is 244 g/mol. The average Bonchev–Trinajstić information content (AvgIpc) is 2.31. The van der Waals surface area contributed by atoms with E-state index in [-0.39, 0.29) is 6.10 Å². The molecule has 0 aromatic heterocycles. The van der Waals surface area contributed by atoms with Crippen molar-refractivity contribution in [2.75, 3.05) is 6.61 Å². The molecule has 1 rings (SSSR count). The molecule has 0 aliphatic carbocycles. The summed E-state index contributed by atoms with van der Waals surface area (Å²) in [5.41, 5.74) is 2.84. The van der Waals surface area contributed by atoms with Gasteiger partial charge >= 0.3 is 0 Å². The molecular formula is C12H18F2N2O. The van der Waals surface area contributed by atoms with Gasteiger partial charge in [0, 0.05) is 18.2 Å². The van der Waals surface area contributed by atoms with Crippen LogP contribution >= 0.6 is 0 Å². The average molecular weight is 244 g/mol. The van der Waals surface area contributed by atoms with Crippen molar-refractivity contribution in [1.82, 2.24) is 5.43 Å². The van der Waals surface area contributed by atoms with Gasteiger partial charge in [0.1, 0.15) is 11.6 Å². The predicted octanol–water partition coefficient (Wildman–Crippen LogP) is 2.28. The van der Waals surface area contributed by atoms with E-state index in [2.05, 4.69) is 5.43 Å². The summed E-state index contributed by atoms with van der Waals surface area (Å²) < 4.78 is 31.9. The summed E-state index contributed by atoms with van der Waals surface area (Å²) in [6.45, 7) is 4.29. The van der Waals surface area contributed by atoms with Crippen molar-refractivity contribution < 1.29 is 13.5 Å². The summed E-state index contributed by atoms with van der Waals surface area (Å²) in [6.07, 6.45) is 0.435. The van der Waals surface area contributed by atoms with Gasteiger partial charge in [0.15, 0.2) is 0 Å². The lowest BCUT2D eigenvalue weighted by Crippen LogP contribution is -2.38. The van der Waals surface area contributed by atoms with Crippen LogP contribution in [0.15, 0.2) is 18.2 Å². The first kappa shape index (κ1) is 14.0.